The van der Waals surface area contributed by atoms with E-state index in [9.17, 15) is 9.90 Å². The summed E-state index contributed by atoms with van der Waals surface area (Å²) < 4.78 is 5.57. The predicted molar refractivity (Wildman–Crippen MR) is 109 cm³/mol. The van der Waals surface area contributed by atoms with Gasteiger partial charge in [-0.25, -0.2) is 4.79 Å². The van der Waals surface area contributed by atoms with Gasteiger partial charge in [0.1, 0.15) is 6.61 Å². The zero-order valence-electron chi connectivity index (χ0n) is 17.1. The molecule has 0 saturated carbocycles. The molecule has 0 bridgehead atoms. The molecular formula is C23H31NO3. The Hall–Kier alpha value is -2.17. The minimum absolute atomic E-state index is 0.250. The molecule has 0 fully saturated rings. The van der Waals surface area contributed by atoms with E-state index in [4.69, 9.17) is 4.74 Å². The van der Waals surface area contributed by atoms with Gasteiger partial charge in [0, 0.05) is 12.1 Å². The van der Waals surface area contributed by atoms with Gasteiger partial charge in [-0.1, -0.05) is 56.3 Å². The van der Waals surface area contributed by atoms with Crippen molar-refractivity contribution in [1.29, 1.82) is 0 Å². The normalized spacial score (nSPS) is 13.4. The van der Waals surface area contributed by atoms with E-state index in [0.29, 0.717) is 17.7 Å². The van der Waals surface area contributed by atoms with Gasteiger partial charge in [-0.05, 0) is 56.1 Å². The summed E-state index contributed by atoms with van der Waals surface area (Å²) in [6.07, 6.45) is 0. The van der Waals surface area contributed by atoms with E-state index >= 15 is 0 Å². The van der Waals surface area contributed by atoms with Crippen molar-refractivity contribution in [2.45, 2.75) is 40.2 Å². The molecule has 2 aromatic carbocycles. The van der Waals surface area contributed by atoms with Crippen LogP contribution >= 0.6 is 0 Å². The van der Waals surface area contributed by atoms with Crippen molar-refractivity contribution in [3.63, 3.8) is 0 Å². The molecule has 4 heteroatoms. The molecule has 0 unspecified atom stereocenters. The zero-order valence-corrected chi connectivity index (χ0v) is 17.1. The van der Waals surface area contributed by atoms with Gasteiger partial charge in [-0.3, -0.25) is 0 Å². The summed E-state index contributed by atoms with van der Waals surface area (Å²) in [7, 11) is 0. The highest BCUT2D eigenvalue weighted by Crippen LogP contribution is 2.36. The Morgan fingerprint density at radius 2 is 1.59 bits per heavy atom. The van der Waals surface area contributed by atoms with Crippen LogP contribution in [0.25, 0.3) is 0 Å². The molecule has 0 radical (unpaired) electrons. The van der Waals surface area contributed by atoms with E-state index in [2.05, 4.69) is 18.7 Å². The second-order valence-electron chi connectivity index (χ2n) is 6.94. The molecule has 0 aliphatic carbocycles. The predicted octanol–water partition coefficient (Wildman–Crippen LogP) is 3.73. The number of hydrogen-bond donors (Lipinski definition) is 1. The molecular weight excluding hydrogens is 338 g/mol. The fourth-order valence-corrected chi connectivity index (χ4v) is 3.46. The number of ether oxygens (including phenoxy) is 1. The van der Waals surface area contributed by atoms with Crippen molar-refractivity contribution < 1.29 is 14.6 Å². The summed E-state index contributed by atoms with van der Waals surface area (Å²) in [5.74, 6) is -0.627. The number of rotatable bonds is 8. The van der Waals surface area contributed by atoms with Gasteiger partial charge in [-0.2, -0.15) is 0 Å². The van der Waals surface area contributed by atoms with Crippen LogP contribution in [0.15, 0.2) is 42.5 Å². The number of aliphatic hydroxyl groups is 1. The number of benzene rings is 2. The number of hydrogen-bond acceptors (Lipinski definition) is 4. The van der Waals surface area contributed by atoms with Gasteiger partial charge in [0.2, 0.25) is 5.60 Å². The Labute approximate surface area is 162 Å². The first kappa shape index (κ1) is 21.1. The Morgan fingerprint density at radius 1 is 1.00 bits per heavy atom. The number of carbonyl (C=O) groups is 1. The molecule has 0 heterocycles. The maximum atomic E-state index is 13.1. The minimum atomic E-state index is -1.83. The standard InChI is InChI=1S/C23H31NO3/c1-6-24(7-2)15-16-27-22(25)23(26,20-11-9-8-10-12-20)21-18(4)14-13-17(3)19(21)5/h8-14,26H,6-7,15-16H2,1-5H3/t23-/m0/s1. The SMILES string of the molecule is CCN(CC)CCOC(=O)[C@](O)(c1ccccc1)c1c(C)ccc(C)c1C. The van der Waals surface area contributed by atoms with Gasteiger partial charge >= 0.3 is 5.97 Å². The highest BCUT2D eigenvalue weighted by molar-refractivity contribution is 5.86. The molecule has 1 atom stereocenters. The van der Waals surface area contributed by atoms with E-state index in [1.54, 1.807) is 12.1 Å². The van der Waals surface area contributed by atoms with Crippen LogP contribution < -0.4 is 0 Å². The van der Waals surface area contributed by atoms with Crippen LogP contribution in [-0.4, -0.2) is 42.2 Å². The summed E-state index contributed by atoms with van der Waals surface area (Å²) in [6, 6.07) is 13.0. The Bertz CT molecular complexity index is 769. The molecule has 2 rings (SSSR count). The first-order valence-corrected chi connectivity index (χ1v) is 9.60. The topological polar surface area (TPSA) is 49.8 Å². The third-order valence-electron chi connectivity index (χ3n) is 5.33. The highest BCUT2D eigenvalue weighted by atomic mass is 16.5. The van der Waals surface area contributed by atoms with Crippen molar-refractivity contribution >= 4 is 5.97 Å². The van der Waals surface area contributed by atoms with E-state index < -0.39 is 11.6 Å². The van der Waals surface area contributed by atoms with Crippen molar-refractivity contribution in [1.82, 2.24) is 4.90 Å². The minimum Gasteiger partial charge on any atom is -0.462 e. The molecule has 0 aliphatic heterocycles. The fraction of sp³-hybridized carbons (Fsp3) is 0.435. The Kier molecular flexibility index (Phi) is 7.17. The summed E-state index contributed by atoms with van der Waals surface area (Å²) >= 11 is 0. The van der Waals surface area contributed by atoms with Crippen LogP contribution in [0.2, 0.25) is 0 Å². The van der Waals surface area contributed by atoms with Crippen LogP contribution in [0, 0.1) is 20.8 Å². The summed E-state index contributed by atoms with van der Waals surface area (Å²) in [5.41, 5.74) is 2.11. The lowest BCUT2D eigenvalue weighted by Gasteiger charge is -2.31. The second kappa shape index (κ2) is 9.16. The average Bonchev–Trinajstić information content (AvgIpc) is 2.68. The average molecular weight is 370 g/mol. The van der Waals surface area contributed by atoms with Crippen molar-refractivity contribution in [3.05, 3.63) is 70.3 Å². The van der Waals surface area contributed by atoms with E-state index in [0.717, 1.165) is 29.8 Å². The van der Waals surface area contributed by atoms with Crippen LogP contribution in [0.1, 0.15) is 41.7 Å². The maximum Gasteiger partial charge on any atom is 0.347 e. The Balaban J connectivity index is 2.44. The van der Waals surface area contributed by atoms with E-state index in [1.165, 1.54) is 0 Å². The van der Waals surface area contributed by atoms with Crippen molar-refractivity contribution in [2.24, 2.45) is 0 Å². The number of carbonyl (C=O) groups excluding carboxylic acids is 1. The molecule has 0 aromatic heterocycles. The number of esters is 1. The van der Waals surface area contributed by atoms with Crippen molar-refractivity contribution in [3.8, 4) is 0 Å². The zero-order chi connectivity index (χ0) is 20.0. The molecule has 1 N–H and O–H groups in total. The first-order valence-electron chi connectivity index (χ1n) is 9.60. The van der Waals surface area contributed by atoms with Crippen LogP contribution in [0.4, 0.5) is 0 Å². The monoisotopic (exact) mass is 369 g/mol. The number of likely N-dealkylation sites (N-methyl/N-ethyl adjacent to an activating group) is 1. The van der Waals surface area contributed by atoms with E-state index in [1.807, 2.05) is 51.1 Å². The van der Waals surface area contributed by atoms with Crippen LogP contribution in [0.5, 0.6) is 0 Å². The van der Waals surface area contributed by atoms with Crippen LogP contribution in [-0.2, 0) is 15.1 Å². The second-order valence-corrected chi connectivity index (χ2v) is 6.94. The molecule has 146 valence electrons. The molecule has 2 aromatic rings. The van der Waals surface area contributed by atoms with Gasteiger partial charge in [-0.15, -0.1) is 0 Å². The highest BCUT2D eigenvalue weighted by Gasteiger charge is 2.44. The third kappa shape index (κ3) is 4.40. The molecule has 0 amide bonds. The maximum absolute atomic E-state index is 13.1. The molecule has 4 nitrogen and oxygen atoms in total. The fourth-order valence-electron chi connectivity index (χ4n) is 3.46. The number of aryl methyl sites for hydroxylation is 2. The lowest BCUT2D eigenvalue weighted by molar-refractivity contribution is -0.162. The summed E-state index contributed by atoms with van der Waals surface area (Å²) in [5, 5.41) is 11.7. The molecule has 0 saturated heterocycles. The first-order chi connectivity index (χ1) is 12.9. The summed E-state index contributed by atoms with van der Waals surface area (Å²) in [6.45, 7) is 12.7. The third-order valence-corrected chi connectivity index (χ3v) is 5.33. The van der Waals surface area contributed by atoms with Crippen LogP contribution in [0.3, 0.4) is 0 Å². The molecule has 0 spiro atoms. The molecule has 0 aliphatic rings. The van der Waals surface area contributed by atoms with Gasteiger partial charge in [0.05, 0.1) is 0 Å². The van der Waals surface area contributed by atoms with Gasteiger partial charge in [0.25, 0.3) is 0 Å². The van der Waals surface area contributed by atoms with Gasteiger partial charge < -0.3 is 14.7 Å². The largest absolute Gasteiger partial charge is 0.462 e. The summed E-state index contributed by atoms with van der Waals surface area (Å²) in [4.78, 5) is 15.3. The lowest BCUT2D eigenvalue weighted by Crippen LogP contribution is -2.41. The molecule has 27 heavy (non-hydrogen) atoms. The Morgan fingerprint density at radius 3 is 2.19 bits per heavy atom. The quantitative estimate of drug-likeness (QED) is 0.720. The van der Waals surface area contributed by atoms with Gasteiger partial charge in [0.15, 0.2) is 0 Å². The number of nitrogens with zero attached hydrogens (tertiary/aromatic N) is 1. The van der Waals surface area contributed by atoms with E-state index in [-0.39, 0.29) is 6.61 Å². The lowest BCUT2D eigenvalue weighted by atomic mass is 9.80. The van der Waals surface area contributed by atoms with Crippen molar-refractivity contribution in [2.75, 3.05) is 26.2 Å². The smallest absolute Gasteiger partial charge is 0.347 e.